The molecule has 4 nitrogen and oxygen atoms in total. The molecule has 0 saturated heterocycles. The highest BCUT2D eigenvalue weighted by molar-refractivity contribution is 5.80. The molecular formula is C11H10N2O2. The predicted octanol–water partition coefficient (Wildman–Crippen LogP) is 2.21. The lowest BCUT2D eigenvalue weighted by atomic mass is 9.90. The van der Waals surface area contributed by atoms with Crippen LogP contribution in [0.1, 0.15) is 24.0 Å². The summed E-state index contributed by atoms with van der Waals surface area (Å²) in [5.74, 6) is 0. The van der Waals surface area contributed by atoms with E-state index in [2.05, 4.69) is 4.99 Å². The molecule has 2 aliphatic rings. The first kappa shape index (κ1) is 8.59. The number of hydrogen-bond donors (Lipinski definition) is 0. The summed E-state index contributed by atoms with van der Waals surface area (Å²) < 4.78 is 0. The van der Waals surface area contributed by atoms with Crippen molar-refractivity contribution in [3.63, 3.8) is 0 Å². The van der Waals surface area contributed by atoms with E-state index in [0.29, 0.717) is 6.54 Å². The van der Waals surface area contributed by atoms with Crippen molar-refractivity contribution < 1.29 is 4.92 Å². The lowest BCUT2D eigenvalue weighted by Crippen LogP contribution is -2.15. The second kappa shape index (κ2) is 2.66. The standard InChI is InChI=1S/C11H10N2O2/c14-13(15)9-1-2-10-8(5-9)6-12-7-11(10)3-4-11/h1-2,5,7H,3-4,6H2. The van der Waals surface area contributed by atoms with Crippen molar-refractivity contribution in [1.29, 1.82) is 0 Å². The first-order valence-electron chi connectivity index (χ1n) is 5.00. The first-order chi connectivity index (χ1) is 7.21. The van der Waals surface area contributed by atoms with E-state index in [9.17, 15) is 10.1 Å². The number of nitro groups is 1. The fourth-order valence-electron chi connectivity index (χ4n) is 2.23. The van der Waals surface area contributed by atoms with Gasteiger partial charge >= 0.3 is 0 Å². The molecule has 0 aromatic heterocycles. The van der Waals surface area contributed by atoms with E-state index < -0.39 is 0 Å². The van der Waals surface area contributed by atoms with Crippen molar-refractivity contribution in [2.75, 3.05) is 0 Å². The smallest absolute Gasteiger partial charge is 0.269 e. The second-order valence-corrected chi connectivity index (χ2v) is 4.22. The normalized spacial score (nSPS) is 20.0. The Kier molecular flexibility index (Phi) is 1.52. The maximum atomic E-state index is 10.6. The van der Waals surface area contributed by atoms with Gasteiger partial charge in [-0.3, -0.25) is 15.1 Å². The van der Waals surface area contributed by atoms with Gasteiger partial charge in [-0.05, 0) is 24.0 Å². The number of rotatable bonds is 1. The van der Waals surface area contributed by atoms with Gasteiger partial charge in [0.25, 0.3) is 5.69 Å². The van der Waals surface area contributed by atoms with Gasteiger partial charge in [0.15, 0.2) is 0 Å². The van der Waals surface area contributed by atoms with Gasteiger partial charge in [-0.15, -0.1) is 0 Å². The molecule has 1 aromatic carbocycles. The molecule has 0 atom stereocenters. The first-order valence-corrected chi connectivity index (χ1v) is 5.00. The van der Waals surface area contributed by atoms with Gasteiger partial charge in [-0.1, -0.05) is 6.07 Å². The van der Waals surface area contributed by atoms with Crippen LogP contribution in [0.2, 0.25) is 0 Å². The summed E-state index contributed by atoms with van der Waals surface area (Å²) in [6, 6.07) is 5.15. The van der Waals surface area contributed by atoms with Gasteiger partial charge in [0.1, 0.15) is 0 Å². The van der Waals surface area contributed by atoms with Crippen molar-refractivity contribution in [1.82, 2.24) is 0 Å². The lowest BCUT2D eigenvalue weighted by Gasteiger charge is -2.18. The summed E-state index contributed by atoms with van der Waals surface area (Å²) in [5.41, 5.74) is 2.55. The molecule has 1 saturated carbocycles. The van der Waals surface area contributed by atoms with Gasteiger partial charge < -0.3 is 0 Å². The van der Waals surface area contributed by atoms with Gasteiger partial charge in [-0.25, -0.2) is 0 Å². The van der Waals surface area contributed by atoms with E-state index in [0.717, 1.165) is 18.4 Å². The van der Waals surface area contributed by atoms with Crippen LogP contribution in [0, 0.1) is 10.1 Å². The Balaban J connectivity index is 2.12. The van der Waals surface area contributed by atoms with Crippen LogP contribution in [0.4, 0.5) is 5.69 Å². The summed E-state index contributed by atoms with van der Waals surface area (Å²) in [7, 11) is 0. The number of non-ortho nitro benzene ring substituents is 1. The van der Waals surface area contributed by atoms with Crippen LogP contribution < -0.4 is 0 Å². The van der Waals surface area contributed by atoms with E-state index in [-0.39, 0.29) is 16.0 Å². The predicted molar refractivity (Wildman–Crippen MR) is 56.2 cm³/mol. The zero-order chi connectivity index (χ0) is 10.5. The quantitative estimate of drug-likeness (QED) is 0.517. The van der Waals surface area contributed by atoms with Crippen molar-refractivity contribution in [2.45, 2.75) is 24.8 Å². The summed E-state index contributed by atoms with van der Waals surface area (Å²) in [6.07, 6.45) is 4.27. The minimum atomic E-state index is -0.349. The summed E-state index contributed by atoms with van der Waals surface area (Å²) in [4.78, 5) is 14.6. The monoisotopic (exact) mass is 202 g/mol. The molecule has 0 radical (unpaired) electrons. The van der Waals surface area contributed by atoms with Gasteiger partial charge in [0, 0.05) is 23.8 Å². The molecule has 1 aliphatic heterocycles. The fourth-order valence-corrected chi connectivity index (χ4v) is 2.23. The summed E-state index contributed by atoms with van der Waals surface area (Å²) in [6.45, 7) is 0.582. The molecule has 1 fully saturated rings. The fraction of sp³-hybridized carbons (Fsp3) is 0.364. The van der Waals surface area contributed by atoms with Crippen LogP contribution in [0.15, 0.2) is 23.2 Å². The second-order valence-electron chi connectivity index (χ2n) is 4.22. The number of hydrogen-bond acceptors (Lipinski definition) is 3. The topological polar surface area (TPSA) is 55.5 Å². The number of fused-ring (bicyclic) bond motifs is 2. The van der Waals surface area contributed by atoms with Crippen molar-refractivity contribution in [3.8, 4) is 0 Å². The Morgan fingerprint density at radius 1 is 1.40 bits per heavy atom. The van der Waals surface area contributed by atoms with Crippen LogP contribution in [0.3, 0.4) is 0 Å². The molecule has 4 heteroatoms. The van der Waals surface area contributed by atoms with Crippen LogP contribution >= 0.6 is 0 Å². The molecule has 3 rings (SSSR count). The summed E-state index contributed by atoms with van der Waals surface area (Å²) in [5, 5.41) is 10.6. The van der Waals surface area contributed by atoms with Gasteiger partial charge in [-0.2, -0.15) is 0 Å². The van der Waals surface area contributed by atoms with E-state index in [1.807, 2.05) is 12.3 Å². The molecule has 76 valence electrons. The van der Waals surface area contributed by atoms with Gasteiger partial charge in [0.2, 0.25) is 0 Å². The van der Waals surface area contributed by atoms with E-state index in [4.69, 9.17) is 0 Å². The molecule has 1 aromatic rings. The molecule has 15 heavy (non-hydrogen) atoms. The Morgan fingerprint density at radius 2 is 2.20 bits per heavy atom. The Labute approximate surface area is 86.8 Å². The highest BCUT2D eigenvalue weighted by Gasteiger charge is 2.45. The minimum Gasteiger partial charge on any atom is -0.292 e. The average molecular weight is 202 g/mol. The SMILES string of the molecule is O=[N+]([O-])c1ccc2c(c1)CN=CC21CC1. The Bertz CT molecular complexity index is 475. The highest BCUT2D eigenvalue weighted by Crippen LogP contribution is 2.49. The van der Waals surface area contributed by atoms with Crippen LogP contribution in [-0.4, -0.2) is 11.1 Å². The van der Waals surface area contributed by atoms with E-state index >= 15 is 0 Å². The third kappa shape index (κ3) is 1.17. The maximum Gasteiger partial charge on any atom is 0.269 e. The van der Waals surface area contributed by atoms with Crippen LogP contribution in [0.25, 0.3) is 0 Å². The number of nitro benzene ring substituents is 1. The minimum absolute atomic E-state index is 0.128. The number of benzene rings is 1. The molecule has 1 heterocycles. The van der Waals surface area contributed by atoms with Crippen LogP contribution in [0.5, 0.6) is 0 Å². The summed E-state index contributed by atoms with van der Waals surface area (Å²) >= 11 is 0. The molecule has 1 spiro atoms. The lowest BCUT2D eigenvalue weighted by molar-refractivity contribution is -0.384. The molecule has 0 unspecified atom stereocenters. The molecule has 0 amide bonds. The molecular weight excluding hydrogens is 192 g/mol. The van der Waals surface area contributed by atoms with Crippen molar-refractivity contribution in [3.05, 3.63) is 39.4 Å². The van der Waals surface area contributed by atoms with E-state index in [1.165, 1.54) is 5.56 Å². The van der Waals surface area contributed by atoms with E-state index in [1.54, 1.807) is 12.1 Å². The Hall–Kier alpha value is -1.71. The van der Waals surface area contributed by atoms with Crippen molar-refractivity contribution in [2.24, 2.45) is 4.99 Å². The van der Waals surface area contributed by atoms with Crippen LogP contribution in [-0.2, 0) is 12.0 Å². The third-order valence-electron chi connectivity index (χ3n) is 3.22. The number of nitrogens with zero attached hydrogens (tertiary/aromatic N) is 2. The average Bonchev–Trinajstić information content (AvgIpc) is 2.98. The zero-order valence-electron chi connectivity index (χ0n) is 8.14. The molecule has 0 N–H and O–H groups in total. The maximum absolute atomic E-state index is 10.6. The molecule has 0 bridgehead atoms. The Morgan fingerprint density at radius 3 is 2.87 bits per heavy atom. The zero-order valence-corrected chi connectivity index (χ0v) is 8.14. The largest absolute Gasteiger partial charge is 0.292 e. The van der Waals surface area contributed by atoms with Crippen molar-refractivity contribution >= 4 is 11.9 Å². The van der Waals surface area contributed by atoms with Gasteiger partial charge in [0.05, 0.1) is 11.5 Å². The number of aliphatic imine (C=N–C) groups is 1. The highest BCUT2D eigenvalue weighted by atomic mass is 16.6. The molecule has 1 aliphatic carbocycles. The third-order valence-corrected chi connectivity index (χ3v) is 3.22.